The van der Waals surface area contributed by atoms with Crippen molar-refractivity contribution < 1.29 is 9.63 Å². The van der Waals surface area contributed by atoms with Crippen LogP contribution in [0.25, 0.3) is 0 Å². The Morgan fingerprint density at radius 3 is 2.39 bits per heavy atom. The van der Waals surface area contributed by atoms with E-state index in [9.17, 15) is 4.79 Å². The van der Waals surface area contributed by atoms with Crippen LogP contribution in [0.15, 0.2) is 78.0 Å². The minimum atomic E-state index is -1.45. The van der Waals surface area contributed by atoms with Gasteiger partial charge in [0.1, 0.15) is 0 Å². The molecule has 1 spiro atoms. The summed E-state index contributed by atoms with van der Waals surface area (Å²) in [4.78, 5) is 20.8. The summed E-state index contributed by atoms with van der Waals surface area (Å²) in [5.41, 5.74) is 1.35. The van der Waals surface area contributed by atoms with Gasteiger partial charge in [0.25, 0.3) is 5.91 Å². The molecule has 5 nitrogen and oxygen atoms in total. The van der Waals surface area contributed by atoms with Gasteiger partial charge in [-0.3, -0.25) is 9.69 Å². The van der Waals surface area contributed by atoms with Gasteiger partial charge in [0.15, 0.2) is 5.84 Å². The molecular weight excluding hydrogens is 397 g/mol. The van der Waals surface area contributed by atoms with Crippen molar-refractivity contribution in [3.8, 4) is 0 Å². The van der Waals surface area contributed by atoms with E-state index in [2.05, 4.69) is 10.5 Å². The van der Waals surface area contributed by atoms with Gasteiger partial charge in [0.2, 0.25) is 0 Å². The summed E-state index contributed by atoms with van der Waals surface area (Å²) < 4.78 is 0. The first-order valence-electron chi connectivity index (χ1n) is 8.58. The van der Waals surface area contributed by atoms with Crippen LogP contribution in [0.4, 0.5) is 11.4 Å². The van der Waals surface area contributed by atoms with Gasteiger partial charge in [-0.05, 0) is 54.6 Å². The second-order valence-electron chi connectivity index (χ2n) is 6.47. The molecule has 5 rings (SSSR count). The van der Waals surface area contributed by atoms with E-state index in [0.717, 1.165) is 11.3 Å². The summed E-state index contributed by atoms with van der Waals surface area (Å²) in [7, 11) is 0. The fourth-order valence-electron chi connectivity index (χ4n) is 3.56. The minimum absolute atomic E-state index is 0.332. The van der Waals surface area contributed by atoms with E-state index in [1.54, 1.807) is 35.2 Å². The fraction of sp³-hybridized carbons (Fsp3) is 0.0476. The second-order valence-corrected chi connectivity index (χ2v) is 7.34. The lowest BCUT2D eigenvalue weighted by Gasteiger charge is -2.32. The number of benzene rings is 3. The molecule has 0 radical (unpaired) electrons. The molecular formula is C21H13Cl2N3O2. The minimum Gasteiger partial charge on any atom is -0.349 e. The third kappa shape index (κ3) is 2.40. The van der Waals surface area contributed by atoms with Crippen LogP contribution < -0.4 is 10.2 Å². The van der Waals surface area contributed by atoms with Crippen LogP contribution in [-0.2, 0) is 15.4 Å². The molecule has 0 aliphatic carbocycles. The zero-order valence-electron chi connectivity index (χ0n) is 14.4. The Labute approximate surface area is 171 Å². The first kappa shape index (κ1) is 17.1. The van der Waals surface area contributed by atoms with Crippen LogP contribution in [0.3, 0.4) is 0 Å². The molecule has 0 fully saturated rings. The molecule has 1 atom stereocenters. The molecule has 0 saturated carbocycles. The van der Waals surface area contributed by atoms with Gasteiger partial charge in [0, 0.05) is 21.3 Å². The maximum absolute atomic E-state index is 13.2. The molecule has 1 amide bonds. The van der Waals surface area contributed by atoms with Crippen molar-refractivity contribution in [3.63, 3.8) is 0 Å². The van der Waals surface area contributed by atoms with Crippen molar-refractivity contribution >= 4 is 46.3 Å². The number of hydrogen-bond donors (Lipinski definition) is 1. The zero-order chi connectivity index (χ0) is 19.3. The van der Waals surface area contributed by atoms with Crippen LogP contribution in [0, 0.1) is 0 Å². The molecule has 3 aromatic rings. The summed E-state index contributed by atoms with van der Waals surface area (Å²) in [6.07, 6.45) is 0. The number of anilines is 2. The van der Waals surface area contributed by atoms with E-state index in [1.807, 2.05) is 42.5 Å². The molecule has 28 heavy (non-hydrogen) atoms. The number of amides is 1. The quantitative estimate of drug-likeness (QED) is 0.647. The Bertz CT molecular complexity index is 1120. The fourth-order valence-corrected chi connectivity index (χ4v) is 3.86. The standard InChI is InChI=1S/C21H13Cl2N3O2/c22-14-8-6-13(7-9-14)19-25-28-21(26(19)16-4-2-1-3-5-16)17-11-10-15(23)12-18(17)24-20(21)27/h1-12H,(H,24,27)/t21-/m0/s1. The number of nitrogens with one attached hydrogen (secondary N) is 1. The first-order chi connectivity index (χ1) is 13.6. The van der Waals surface area contributed by atoms with Crippen LogP contribution in [0.2, 0.25) is 10.0 Å². The lowest BCUT2D eigenvalue weighted by molar-refractivity contribution is -0.137. The van der Waals surface area contributed by atoms with Gasteiger partial charge < -0.3 is 10.2 Å². The van der Waals surface area contributed by atoms with Gasteiger partial charge in [-0.15, -0.1) is 0 Å². The monoisotopic (exact) mass is 409 g/mol. The van der Waals surface area contributed by atoms with E-state index in [4.69, 9.17) is 28.0 Å². The molecule has 2 aliphatic heterocycles. The number of hydrogen-bond acceptors (Lipinski definition) is 4. The normalized spacial score (nSPS) is 20.0. The lowest BCUT2D eigenvalue weighted by Crippen LogP contribution is -2.51. The van der Waals surface area contributed by atoms with E-state index < -0.39 is 5.72 Å². The molecule has 138 valence electrons. The molecule has 1 N–H and O–H groups in total. The summed E-state index contributed by atoms with van der Waals surface area (Å²) in [6.45, 7) is 0. The average molecular weight is 410 g/mol. The number of oxime groups is 1. The van der Waals surface area contributed by atoms with Crippen molar-refractivity contribution in [1.29, 1.82) is 0 Å². The topological polar surface area (TPSA) is 53.9 Å². The molecule has 0 aromatic heterocycles. The van der Waals surface area contributed by atoms with Crippen LogP contribution in [-0.4, -0.2) is 11.7 Å². The van der Waals surface area contributed by atoms with Gasteiger partial charge >= 0.3 is 5.72 Å². The predicted molar refractivity (Wildman–Crippen MR) is 110 cm³/mol. The van der Waals surface area contributed by atoms with Crippen LogP contribution in [0.5, 0.6) is 0 Å². The number of carbonyl (C=O) groups excluding carboxylic acids is 1. The first-order valence-corrected chi connectivity index (χ1v) is 9.34. The highest BCUT2D eigenvalue weighted by atomic mass is 35.5. The Morgan fingerprint density at radius 1 is 0.929 bits per heavy atom. The van der Waals surface area contributed by atoms with Crippen molar-refractivity contribution in [2.24, 2.45) is 5.16 Å². The average Bonchev–Trinajstić information content (AvgIpc) is 3.22. The highest BCUT2D eigenvalue weighted by molar-refractivity contribution is 6.31. The van der Waals surface area contributed by atoms with E-state index in [1.165, 1.54) is 0 Å². The van der Waals surface area contributed by atoms with E-state index in [-0.39, 0.29) is 5.91 Å². The Hall–Kier alpha value is -3.02. The smallest absolute Gasteiger partial charge is 0.322 e. The summed E-state index contributed by atoms with van der Waals surface area (Å²) in [5, 5.41) is 8.31. The Morgan fingerprint density at radius 2 is 1.64 bits per heavy atom. The number of rotatable bonds is 2. The Kier molecular flexibility index (Phi) is 3.82. The van der Waals surface area contributed by atoms with Crippen molar-refractivity contribution in [3.05, 3.63) is 94.0 Å². The van der Waals surface area contributed by atoms with Crippen molar-refractivity contribution in [1.82, 2.24) is 0 Å². The molecule has 0 unspecified atom stereocenters. The predicted octanol–water partition coefficient (Wildman–Crippen LogP) is 5.00. The maximum Gasteiger partial charge on any atom is 0.322 e. The number of amidine groups is 1. The highest BCUT2D eigenvalue weighted by Gasteiger charge is 2.60. The van der Waals surface area contributed by atoms with Gasteiger partial charge in [-0.25, -0.2) is 0 Å². The third-order valence-electron chi connectivity index (χ3n) is 4.81. The lowest BCUT2D eigenvalue weighted by atomic mass is 10.00. The van der Waals surface area contributed by atoms with E-state index in [0.29, 0.717) is 27.1 Å². The highest BCUT2D eigenvalue weighted by Crippen LogP contribution is 2.48. The molecule has 2 heterocycles. The van der Waals surface area contributed by atoms with Gasteiger partial charge in [0.05, 0.1) is 11.3 Å². The molecule has 0 bridgehead atoms. The number of fused-ring (bicyclic) bond motifs is 2. The number of para-hydroxylation sites is 1. The largest absolute Gasteiger partial charge is 0.349 e. The molecule has 3 aromatic carbocycles. The van der Waals surface area contributed by atoms with Crippen LogP contribution in [0.1, 0.15) is 11.1 Å². The van der Waals surface area contributed by atoms with E-state index >= 15 is 0 Å². The SMILES string of the molecule is O=C1Nc2cc(Cl)ccc2[C@]12ON=C(c1ccc(Cl)cc1)N2c1ccccc1. The zero-order valence-corrected chi connectivity index (χ0v) is 15.9. The number of nitrogens with zero attached hydrogens (tertiary/aromatic N) is 2. The number of carbonyl (C=O) groups is 1. The molecule has 0 saturated heterocycles. The maximum atomic E-state index is 13.2. The molecule has 2 aliphatic rings. The second kappa shape index (κ2) is 6.26. The van der Waals surface area contributed by atoms with Crippen molar-refractivity contribution in [2.75, 3.05) is 10.2 Å². The summed E-state index contributed by atoms with van der Waals surface area (Å²) in [6, 6.07) is 22.0. The van der Waals surface area contributed by atoms with Gasteiger partial charge in [-0.1, -0.05) is 46.6 Å². The summed E-state index contributed by atoms with van der Waals surface area (Å²) >= 11 is 12.1. The third-order valence-corrected chi connectivity index (χ3v) is 5.30. The Balaban J connectivity index is 1.72. The van der Waals surface area contributed by atoms with Crippen LogP contribution >= 0.6 is 23.2 Å². The number of halogens is 2. The summed E-state index contributed by atoms with van der Waals surface area (Å²) in [5.74, 6) is 0.183. The molecule has 7 heteroatoms. The van der Waals surface area contributed by atoms with Gasteiger partial charge in [-0.2, -0.15) is 0 Å². The van der Waals surface area contributed by atoms with Crippen molar-refractivity contribution in [2.45, 2.75) is 5.72 Å².